The van der Waals surface area contributed by atoms with E-state index in [2.05, 4.69) is 20.7 Å². The Morgan fingerprint density at radius 2 is 2.20 bits per heavy atom. The Hall–Kier alpha value is -2.41. The number of rotatable bonds is 5. The Labute approximate surface area is 116 Å². The summed E-state index contributed by atoms with van der Waals surface area (Å²) in [7, 11) is 1.78. The van der Waals surface area contributed by atoms with Crippen LogP contribution in [0.1, 0.15) is 18.7 Å². The summed E-state index contributed by atoms with van der Waals surface area (Å²) >= 11 is 0. The number of anilines is 2. The van der Waals surface area contributed by atoms with Gasteiger partial charge >= 0.3 is 0 Å². The Bertz CT molecular complexity index is 594. The van der Waals surface area contributed by atoms with Crippen LogP contribution in [-0.2, 0) is 11.8 Å². The van der Waals surface area contributed by atoms with Crippen molar-refractivity contribution in [1.82, 2.24) is 14.8 Å². The van der Waals surface area contributed by atoms with Gasteiger partial charge in [0.05, 0.1) is 18.3 Å². The van der Waals surface area contributed by atoms with E-state index < -0.39 is 6.10 Å². The van der Waals surface area contributed by atoms with Gasteiger partial charge in [-0.05, 0) is 19.1 Å². The topological polar surface area (TPSA) is 92.1 Å². The van der Waals surface area contributed by atoms with Gasteiger partial charge in [-0.1, -0.05) is 6.07 Å². The second-order valence-electron chi connectivity index (χ2n) is 4.40. The Kier molecular flexibility index (Phi) is 4.31. The van der Waals surface area contributed by atoms with Crippen molar-refractivity contribution in [1.29, 1.82) is 0 Å². The van der Waals surface area contributed by atoms with Crippen molar-refractivity contribution in [3.05, 3.63) is 36.2 Å². The third-order valence-corrected chi connectivity index (χ3v) is 2.61. The number of pyridine rings is 1. The first-order valence-corrected chi connectivity index (χ1v) is 6.23. The summed E-state index contributed by atoms with van der Waals surface area (Å²) < 4.78 is 1.61. The van der Waals surface area contributed by atoms with Crippen LogP contribution in [0.2, 0.25) is 0 Å². The average Bonchev–Trinajstić information content (AvgIpc) is 2.82. The van der Waals surface area contributed by atoms with E-state index in [0.29, 0.717) is 17.3 Å². The van der Waals surface area contributed by atoms with Crippen molar-refractivity contribution in [2.45, 2.75) is 13.0 Å². The van der Waals surface area contributed by atoms with Crippen molar-refractivity contribution in [3.63, 3.8) is 0 Å². The zero-order chi connectivity index (χ0) is 14.5. The molecule has 0 aromatic carbocycles. The number of hydrogen-bond acceptors (Lipinski definition) is 5. The van der Waals surface area contributed by atoms with E-state index >= 15 is 0 Å². The van der Waals surface area contributed by atoms with E-state index in [0.717, 1.165) is 0 Å². The van der Waals surface area contributed by atoms with Crippen molar-refractivity contribution < 1.29 is 9.90 Å². The van der Waals surface area contributed by atoms with E-state index in [1.807, 2.05) is 0 Å². The van der Waals surface area contributed by atoms with Gasteiger partial charge in [0, 0.05) is 19.3 Å². The zero-order valence-corrected chi connectivity index (χ0v) is 11.4. The number of aliphatic hydroxyl groups is 1. The van der Waals surface area contributed by atoms with Gasteiger partial charge in [-0.25, -0.2) is 4.98 Å². The molecule has 0 fully saturated rings. The van der Waals surface area contributed by atoms with Crippen molar-refractivity contribution in [2.24, 2.45) is 7.05 Å². The van der Waals surface area contributed by atoms with Crippen LogP contribution < -0.4 is 10.6 Å². The number of nitrogens with zero attached hydrogens (tertiary/aromatic N) is 3. The molecule has 3 N–H and O–H groups in total. The van der Waals surface area contributed by atoms with E-state index in [9.17, 15) is 9.90 Å². The predicted molar refractivity (Wildman–Crippen MR) is 75.2 cm³/mol. The number of aryl methyl sites for hydroxylation is 1. The van der Waals surface area contributed by atoms with E-state index in [-0.39, 0.29) is 12.5 Å². The smallest absolute Gasteiger partial charge is 0.244 e. The highest BCUT2D eigenvalue weighted by molar-refractivity contribution is 5.92. The number of carbonyl (C=O) groups is 1. The fourth-order valence-electron chi connectivity index (χ4n) is 1.62. The maximum Gasteiger partial charge on any atom is 0.244 e. The third kappa shape index (κ3) is 3.79. The molecule has 0 aliphatic carbocycles. The lowest BCUT2D eigenvalue weighted by Gasteiger charge is -2.08. The molecule has 106 valence electrons. The molecule has 0 saturated carbocycles. The lowest BCUT2D eigenvalue weighted by atomic mass is 10.2. The van der Waals surface area contributed by atoms with Gasteiger partial charge in [0.25, 0.3) is 0 Å². The van der Waals surface area contributed by atoms with Crippen LogP contribution >= 0.6 is 0 Å². The second kappa shape index (κ2) is 6.16. The highest BCUT2D eigenvalue weighted by atomic mass is 16.3. The van der Waals surface area contributed by atoms with Gasteiger partial charge in [-0.2, -0.15) is 5.10 Å². The summed E-state index contributed by atoms with van der Waals surface area (Å²) in [4.78, 5) is 15.9. The zero-order valence-electron chi connectivity index (χ0n) is 11.4. The molecule has 0 aliphatic rings. The maximum atomic E-state index is 11.7. The summed E-state index contributed by atoms with van der Waals surface area (Å²) in [5, 5.41) is 19.1. The highest BCUT2D eigenvalue weighted by Crippen LogP contribution is 2.11. The molecule has 7 heteroatoms. The average molecular weight is 275 g/mol. The number of nitrogens with one attached hydrogen (secondary N) is 2. The number of aliphatic hydroxyl groups excluding tert-OH is 1. The highest BCUT2D eigenvalue weighted by Gasteiger charge is 2.06. The summed E-state index contributed by atoms with van der Waals surface area (Å²) in [5.74, 6) is 0.831. The molecule has 2 aromatic rings. The molecule has 0 saturated heterocycles. The standard InChI is InChI=1S/C13H17N5O2/c1-9(19)10-4-3-5-11(15-10)14-8-13(20)16-12-6-7-18(2)17-12/h3-7,9,19H,8H2,1-2H3,(H,14,15)(H,16,17,20). The lowest BCUT2D eigenvalue weighted by molar-refractivity contribution is -0.114. The molecule has 1 amide bonds. The number of hydrogen-bond donors (Lipinski definition) is 3. The van der Waals surface area contributed by atoms with E-state index in [4.69, 9.17) is 0 Å². The molecule has 7 nitrogen and oxygen atoms in total. The lowest BCUT2D eigenvalue weighted by Crippen LogP contribution is -2.22. The Morgan fingerprint density at radius 1 is 1.40 bits per heavy atom. The quantitative estimate of drug-likeness (QED) is 0.754. The molecule has 0 spiro atoms. The number of amides is 1. The van der Waals surface area contributed by atoms with Gasteiger partial charge in [0.1, 0.15) is 5.82 Å². The fraction of sp³-hybridized carbons (Fsp3) is 0.308. The molecule has 1 atom stereocenters. The van der Waals surface area contributed by atoms with Crippen LogP contribution in [0.3, 0.4) is 0 Å². The minimum Gasteiger partial charge on any atom is -0.387 e. The largest absolute Gasteiger partial charge is 0.387 e. The maximum absolute atomic E-state index is 11.7. The van der Waals surface area contributed by atoms with Crippen LogP contribution in [0.5, 0.6) is 0 Å². The monoisotopic (exact) mass is 275 g/mol. The minimum atomic E-state index is -0.640. The fourth-order valence-corrected chi connectivity index (χ4v) is 1.62. The third-order valence-electron chi connectivity index (χ3n) is 2.61. The van der Waals surface area contributed by atoms with E-state index in [1.54, 1.807) is 49.1 Å². The molecule has 20 heavy (non-hydrogen) atoms. The molecule has 0 aliphatic heterocycles. The van der Waals surface area contributed by atoms with Crippen molar-refractivity contribution in [2.75, 3.05) is 17.2 Å². The van der Waals surface area contributed by atoms with Gasteiger partial charge in [-0.3, -0.25) is 9.48 Å². The SMILES string of the molecule is CC(O)c1cccc(NCC(=O)Nc2ccn(C)n2)n1. The molecular weight excluding hydrogens is 258 g/mol. The Balaban J connectivity index is 1.88. The van der Waals surface area contributed by atoms with Crippen LogP contribution in [0.25, 0.3) is 0 Å². The molecule has 2 aromatic heterocycles. The van der Waals surface area contributed by atoms with Gasteiger partial charge < -0.3 is 15.7 Å². The second-order valence-corrected chi connectivity index (χ2v) is 4.40. The predicted octanol–water partition coefficient (Wildman–Crippen LogP) is 0.919. The van der Waals surface area contributed by atoms with Gasteiger partial charge in [0.15, 0.2) is 5.82 Å². The first-order valence-electron chi connectivity index (χ1n) is 6.23. The van der Waals surface area contributed by atoms with Gasteiger partial charge in [0.2, 0.25) is 5.91 Å². The minimum absolute atomic E-state index is 0.0762. The number of aromatic nitrogens is 3. The summed E-state index contributed by atoms with van der Waals surface area (Å²) in [5.41, 5.74) is 0.556. The molecule has 0 radical (unpaired) electrons. The van der Waals surface area contributed by atoms with Crippen LogP contribution in [0.4, 0.5) is 11.6 Å². The normalized spacial score (nSPS) is 11.9. The van der Waals surface area contributed by atoms with E-state index in [1.165, 1.54) is 0 Å². The van der Waals surface area contributed by atoms with Crippen molar-refractivity contribution >= 4 is 17.5 Å². The molecule has 2 rings (SSSR count). The Morgan fingerprint density at radius 3 is 2.85 bits per heavy atom. The first kappa shape index (κ1) is 14.0. The molecule has 2 heterocycles. The molecular formula is C13H17N5O2. The molecule has 1 unspecified atom stereocenters. The number of carbonyl (C=O) groups excluding carboxylic acids is 1. The van der Waals surface area contributed by atoms with Crippen LogP contribution in [0.15, 0.2) is 30.5 Å². The summed E-state index contributed by atoms with van der Waals surface area (Å²) in [6, 6.07) is 6.95. The first-order chi connectivity index (χ1) is 9.54. The van der Waals surface area contributed by atoms with Crippen molar-refractivity contribution in [3.8, 4) is 0 Å². The van der Waals surface area contributed by atoms with Crippen LogP contribution in [-0.4, -0.2) is 32.3 Å². The van der Waals surface area contributed by atoms with Gasteiger partial charge in [-0.15, -0.1) is 0 Å². The van der Waals surface area contributed by atoms with Crippen LogP contribution in [0, 0.1) is 0 Å². The molecule has 0 bridgehead atoms. The summed E-state index contributed by atoms with van der Waals surface area (Å²) in [6.07, 6.45) is 1.11. The summed E-state index contributed by atoms with van der Waals surface area (Å²) in [6.45, 7) is 1.72.